The molecule has 0 radical (unpaired) electrons. The summed E-state index contributed by atoms with van der Waals surface area (Å²) < 4.78 is 47.6. The molecule has 1 amide bonds. The largest absolute Gasteiger partial charge is 0.494 e. The van der Waals surface area contributed by atoms with Gasteiger partial charge in [-0.25, -0.2) is 12.8 Å². The third kappa shape index (κ3) is 4.82. The van der Waals surface area contributed by atoms with Gasteiger partial charge in [0.1, 0.15) is 16.5 Å². The molecule has 0 unspecified atom stereocenters. The van der Waals surface area contributed by atoms with Crippen molar-refractivity contribution < 1.29 is 22.3 Å². The van der Waals surface area contributed by atoms with Gasteiger partial charge in [-0.3, -0.25) is 4.79 Å². The zero-order chi connectivity index (χ0) is 21.7. The number of anilines is 1. The Bertz CT molecular complexity index is 993. The first kappa shape index (κ1) is 22.2. The van der Waals surface area contributed by atoms with E-state index >= 15 is 0 Å². The van der Waals surface area contributed by atoms with Gasteiger partial charge in [-0.15, -0.1) is 0 Å². The summed E-state index contributed by atoms with van der Waals surface area (Å²) in [7, 11) is -4.03. The quantitative estimate of drug-likeness (QED) is 0.700. The maximum atomic E-state index is 14.5. The van der Waals surface area contributed by atoms with E-state index in [9.17, 15) is 17.6 Å². The lowest BCUT2D eigenvalue weighted by Crippen LogP contribution is -2.43. The summed E-state index contributed by atoms with van der Waals surface area (Å²) in [6.45, 7) is 4.70. The van der Waals surface area contributed by atoms with Gasteiger partial charge in [-0.1, -0.05) is 13.3 Å². The van der Waals surface area contributed by atoms with Crippen LogP contribution < -0.4 is 10.1 Å². The summed E-state index contributed by atoms with van der Waals surface area (Å²) in [5.74, 6) is -0.688. The second kappa shape index (κ2) is 9.57. The average molecular weight is 435 g/mol. The maximum absolute atomic E-state index is 14.5. The van der Waals surface area contributed by atoms with Crippen molar-refractivity contribution in [2.45, 2.75) is 50.5 Å². The van der Waals surface area contributed by atoms with E-state index in [-0.39, 0.29) is 11.6 Å². The molecule has 1 atom stereocenters. The molecule has 2 aromatic carbocycles. The van der Waals surface area contributed by atoms with Crippen molar-refractivity contribution in [3.8, 4) is 5.75 Å². The van der Waals surface area contributed by atoms with E-state index in [0.29, 0.717) is 31.0 Å². The molecule has 0 bridgehead atoms. The Hall–Kier alpha value is -2.45. The summed E-state index contributed by atoms with van der Waals surface area (Å²) >= 11 is 0. The molecule has 1 aliphatic heterocycles. The van der Waals surface area contributed by atoms with Crippen LogP contribution in [0.4, 0.5) is 10.1 Å². The van der Waals surface area contributed by atoms with Crippen LogP contribution in [-0.2, 0) is 10.0 Å². The molecule has 1 fully saturated rings. The molecule has 6 nitrogen and oxygen atoms in total. The third-order valence-corrected chi connectivity index (χ3v) is 7.21. The first-order chi connectivity index (χ1) is 14.4. The van der Waals surface area contributed by atoms with Crippen molar-refractivity contribution >= 4 is 21.6 Å². The molecule has 2 aromatic rings. The van der Waals surface area contributed by atoms with Crippen molar-refractivity contribution in [3.63, 3.8) is 0 Å². The molecule has 0 saturated carbocycles. The standard InChI is InChI=1S/C22H27FN2O4S/c1-3-18-7-5-6-14-25(18)30(27,28)21-15-16(8-13-20(21)23)22(26)24-17-9-11-19(12-10-17)29-4-2/h8-13,15,18H,3-7,14H2,1-2H3,(H,24,26)/t18-/m0/s1. The van der Waals surface area contributed by atoms with Crippen LogP contribution in [0.25, 0.3) is 0 Å². The van der Waals surface area contributed by atoms with Crippen molar-refractivity contribution in [1.29, 1.82) is 0 Å². The summed E-state index contributed by atoms with van der Waals surface area (Å²) in [5, 5.41) is 2.70. The van der Waals surface area contributed by atoms with E-state index in [1.807, 2.05) is 13.8 Å². The van der Waals surface area contributed by atoms with Crippen LogP contribution in [0, 0.1) is 5.82 Å². The van der Waals surface area contributed by atoms with Crippen LogP contribution in [0.2, 0.25) is 0 Å². The molecule has 0 aliphatic carbocycles. The number of sulfonamides is 1. The molecule has 1 heterocycles. The van der Waals surface area contributed by atoms with Gasteiger partial charge in [0.05, 0.1) is 6.61 Å². The summed E-state index contributed by atoms with van der Waals surface area (Å²) in [4.78, 5) is 12.2. The van der Waals surface area contributed by atoms with Gasteiger partial charge in [-0.2, -0.15) is 4.31 Å². The number of piperidine rings is 1. The highest BCUT2D eigenvalue weighted by molar-refractivity contribution is 7.89. The molecule has 1 saturated heterocycles. The number of rotatable bonds is 7. The number of nitrogens with zero attached hydrogens (tertiary/aromatic N) is 1. The smallest absolute Gasteiger partial charge is 0.255 e. The van der Waals surface area contributed by atoms with Crippen LogP contribution >= 0.6 is 0 Å². The lowest BCUT2D eigenvalue weighted by atomic mass is 10.0. The highest BCUT2D eigenvalue weighted by Gasteiger charge is 2.34. The Kier molecular flexibility index (Phi) is 7.10. The van der Waals surface area contributed by atoms with Gasteiger partial charge in [0.15, 0.2) is 0 Å². The summed E-state index contributed by atoms with van der Waals surface area (Å²) in [5.41, 5.74) is 0.605. The monoisotopic (exact) mass is 434 g/mol. The highest BCUT2D eigenvalue weighted by atomic mass is 32.2. The predicted molar refractivity (Wildman–Crippen MR) is 114 cm³/mol. The Labute approximate surface area is 177 Å². The van der Waals surface area contributed by atoms with Gasteiger partial charge < -0.3 is 10.1 Å². The zero-order valence-electron chi connectivity index (χ0n) is 17.2. The number of nitrogens with one attached hydrogen (secondary N) is 1. The lowest BCUT2D eigenvalue weighted by Gasteiger charge is -2.34. The molecule has 0 aromatic heterocycles. The molecular weight excluding hydrogens is 407 g/mol. The number of benzene rings is 2. The lowest BCUT2D eigenvalue weighted by molar-refractivity contribution is 0.102. The van der Waals surface area contributed by atoms with E-state index in [1.54, 1.807) is 24.3 Å². The molecule has 162 valence electrons. The average Bonchev–Trinajstić information content (AvgIpc) is 2.75. The van der Waals surface area contributed by atoms with E-state index in [2.05, 4.69) is 5.32 Å². The Balaban J connectivity index is 1.84. The molecule has 1 N–H and O–H groups in total. The van der Waals surface area contributed by atoms with E-state index < -0.39 is 26.6 Å². The summed E-state index contributed by atoms with van der Waals surface area (Å²) in [6, 6.07) is 10.1. The number of halogens is 1. The Morgan fingerprint density at radius 2 is 1.90 bits per heavy atom. The number of carbonyl (C=O) groups excluding carboxylic acids is 1. The molecular formula is C22H27FN2O4S. The van der Waals surface area contributed by atoms with Crippen LogP contribution in [-0.4, -0.2) is 37.8 Å². The molecule has 0 spiro atoms. The van der Waals surface area contributed by atoms with Gasteiger partial charge in [0.25, 0.3) is 5.91 Å². The third-order valence-electron chi connectivity index (χ3n) is 5.25. The Morgan fingerprint density at radius 3 is 2.57 bits per heavy atom. The first-order valence-corrected chi connectivity index (χ1v) is 11.7. The number of hydrogen-bond donors (Lipinski definition) is 1. The van der Waals surface area contributed by atoms with Crippen molar-refractivity contribution in [3.05, 3.63) is 53.8 Å². The SMILES string of the molecule is CCOc1ccc(NC(=O)c2ccc(F)c(S(=O)(=O)N3CCCC[C@@H]3CC)c2)cc1. The van der Waals surface area contributed by atoms with Gasteiger partial charge in [0.2, 0.25) is 10.0 Å². The fraction of sp³-hybridized carbons (Fsp3) is 0.409. The van der Waals surface area contributed by atoms with Crippen molar-refractivity contribution in [1.82, 2.24) is 4.31 Å². The fourth-order valence-corrected chi connectivity index (χ4v) is 5.53. The van der Waals surface area contributed by atoms with Crippen LogP contribution in [0.3, 0.4) is 0 Å². The first-order valence-electron chi connectivity index (χ1n) is 10.2. The predicted octanol–water partition coefficient (Wildman–Crippen LogP) is 4.43. The minimum absolute atomic E-state index is 0.0777. The zero-order valence-corrected chi connectivity index (χ0v) is 18.0. The van der Waals surface area contributed by atoms with Crippen molar-refractivity contribution in [2.75, 3.05) is 18.5 Å². The topological polar surface area (TPSA) is 75.7 Å². The van der Waals surface area contributed by atoms with Crippen LogP contribution in [0.5, 0.6) is 5.75 Å². The summed E-state index contributed by atoms with van der Waals surface area (Å²) in [6.07, 6.45) is 3.13. The van der Waals surface area contributed by atoms with E-state index in [4.69, 9.17) is 4.74 Å². The number of carbonyl (C=O) groups is 1. The molecule has 30 heavy (non-hydrogen) atoms. The second-order valence-corrected chi connectivity index (χ2v) is 9.09. The Morgan fingerprint density at radius 1 is 1.17 bits per heavy atom. The van der Waals surface area contributed by atoms with Gasteiger partial charge in [-0.05, 0) is 68.7 Å². The molecule has 3 rings (SSSR count). The van der Waals surface area contributed by atoms with E-state index in [0.717, 1.165) is 31.4 Å². The number of amides is 1. The minimum atomic E-state index is -4.03. The van der Waals surface area contributed by atoms with Crippen molar-refractivity contribution in [2.24, 2.45) is 0 Å². The normalized spacial score (nSPS) is 17.5. The molecule has 1 aliphatic rings. The minimum Gasteiger partial charge on any atom is -0.494 e. The van der Waals surface area contributed by atoms with Crippen LogP contribution in [0.1, 0.15) is 49.9 Å². The number of hydrogen-bond acceptors (Lipinski definition) is 4. The second-order valence-electron chi connectivity index (χ2n) is 7.23. The fourth-order valence-electron chi connectivity index (χ4n) is 3.67. The highest BCUT2D eigenvalue weighted by Crippen LogP contribution is 2.29. The van der Waals surface area contributed by atoms with Gasteiger partial charge >= 0.3 is 0 Å². The maximum Gasteiger partial charge on any atom is 0.255 e. The molecule has 8 heteroatoms. The van der Waals surface area contributed by atoms with E-state index in [1.165, 1.54) is 10.4 Å². The number of ether oxygens (including phenoxy) is 1. The van der Waals surface area contributed by atoms with Gasteiger partial charge in [0, 0.05) is 23.8 Å². The van der Waals surface area contributed by atoms with Crippen LogP contribution in [0.15, 0.2) is 47.4 Å².